The first-order valence-corrected chi connectivity index (χ1v) is 5.65. The van der Waals surface area contributed by atoms with Gasteiger partial charge in [-0.2, -0.15) is 0 Å². The molecule has 0 heterocycles. The van der Waals surface area contributed by atoms with Crippen LogP contribution in [0.4, 0.5) is 11.4 Å². The number of carbonyl (C=O) groups is 1. The van der Waals surface area contributed by atoms with Gasteiger partial charge in [0.05, 0.1) is 0 Å². The Hall–Kier alpha value is -1.55. The highest BCUT2D eigenvalue weighted by atomic mass is 16.5. The lowest BCUT2D eigenvalue weighted by Crippen LogP contribution is -2.46. The summed E-state index contributed by atoms with van der Waals surface area (Å²) in [5.74, 6) is -0.0758. The molecule has 1 aromatic rings. The molecule has 94 valence electrons. The summed E-state index contributed by atoms with van der Waals surface area (Å²) in [6, 6.07) is 7.28. The zero-order valence-corrected chi connectivity index (χ0v) is 10.9. The Bertz CT molecular complexity index is 402. The van der Waals surface area contributed by atoms with E-state index in [0.29, 0.717) is 12.2 Å². The Labute approximate surface area is 102 Å². The molecule has 4 nitrogen and oxygen atoms in total. The molecule has 0 spiro atoms. The normalized spacial score (nSPS) is 11.3. The third-order valence-corrected chi connectivity index (χ3v) is 2.77. The molecule has 0 aromatic heterocycles. The Balaban J connectivity index is 3.04. The number of nitrogens with two attached hydrogens (primary N) is 1. The number of rotatable bonds is 4. The Morgan fingerprint density at radius 1 is 1.47 bits per heavy atom. The minimum Gasteiger partial charge on any atom is -0.399 e. The molecular weight excluding hydrogens is 216 g/mol. The molecule has 0 aliphatic rings. The largest absolute Gasteiger partial charge is 0.399 e. The van der Waals surface area contributed by atoms with Gasteiger partial charge in [-0.1, -0.05) is 6.07 Å². The highest BCUT2D eigenvalue weighted by Crippen LogP contribution is 2.22. The molecule has 0 radical (unpaired) electrons. The minimum absolute atomic E-state index is 0.0758. The number of anilines is 2. The van der Waals surface area contributed by atoms with E-state index in [9.17, 15) is 4.79 Å². The molecule has 4 heteroatoms. The van der Waals surface area contributed by atoms with Crippen LogP contribution in [-0.4, -0.2) is 25.2 Å². The summed E-state index contributed by atoms with van der Waals surface area (Å²) in [5.41, 5.74) is 6.33. The van der Waals surface area contributed by atoms with Gasteiger partial charge < -0.3 is 15.4 Å². The second-order valence-corrected chi connectivity index (χ2v) is 4.36. The third-order valence-electron chi connectivity index (χ3n) is 2.77. The van der Waals surface area contributed by atoms with E-state index in [1.807, 2.05) is 19.1 Å². The smallest absolute Gasteiger partial charge is 0.258 e. The molecule has 1 aromatic carbocycles. The van der Waals surface area contributed by atoms with E-state index >= 15 is 0 Å². The van der Waals surface area contributed by atoms with E-state index in [0.717, 1.165) is 5.69 Å². The minimum atomic E-state index is -0.833. The molecule has 0 fully saturated rings. The summed E-state index contributed by atoms with van der Waals surface area (Å²) >= 11 is 0. The molecule has 0 saturated carbocycles. The maximum absolute atomic E-state index is 12.3. The number of carbonyl (C=O) groups excluding carboxylic acids is 1. The summed E-state index contributed by atoms with van der Waals surface area (Å²) in [6.07, 6.45) is 0. The highest BCUT2D eigenvalue weighted by Gasteiger charge is 2.31. The summed E-state index contributed by atoms with van der Waals surface area (Å²) in [7, 11) is 1.53. The monoisotopic (exact) mass is 236 g/mol. The van der Waals surface area contributed by atoms with Crippen molar-refractivity contribution < 1.29 is 9.53 Å². The summed E-state index contributed by atoms with van der Waals surface area (Å²) in [5, 5.41) is 0. The van der Waals surface area contributed by atoms with E-state index in [2.05, 4.69) is 0 Å². The van der Waals surface area contributed by atoms with Crippen molar-refractivity contribution in [2.45, 2.75) is 26.4 Å². The van der Waals surface area contributed by atoms with Crippen LogP contribution in [-0.2, 0) is 9.53 Å². The van der Waals surface area contributed by atoms with Crippen LogP contribution in [0.3, 0.4) is 0 Å². The average molecular weight is 236 g/mol. The van der Waals surface area contributed by atoms with E-state index in [1.54, 1.807) is 30.9 Å². The van der Waals surface area contributed by atoms with Crippen LogP contribution in [0, 0.1) is 0 Å². The van der Waals surface area contributed by atoms with Gasteiger partial charge in [-0.3, -0.25) is 4.79 Å². The van der Waals surface area contributed by atoms with Crippen LogP contribution in [0.2, 0.25) is 0 Å². The highest BCUT2D eigenvalue weighted by molar-refractivity contribution is 5.99. The standard InChI is InChI=1S/C13H20N2O2/c1-5-15(12(16)13(2,3)17-4)11-8-6-7-10(14)9-11/h6-9H,5,14H2,1-4H3. The van der Waals surface area contributed by atoms with Gasteiger partial charge in [0, 0.05) is 25.0 Å². The SMILES string of the molecule is CCN(C(=O)C(C)(C)OC)c1cccc(N)c1. The Morgan fingerprint density at radius 2 is 2.12 bits per heavy atom. The lowest BCUT2D eigenvalue weighted by Gasteiger charge is -2.30. The second-order valence-electron chi connectivity index (χ2n) is 4.36. The second kappa shape index (κ2) is 5.19. The first kappa shape index (κ1) is 13.5. The summed E-state index contributed by atoms with van der Waals surface area (Å²) in [4.78, 5) is 14.0. The predicted octanol–water partition coefficient (Wildman–Crippen LogP) is 2.05. The van der Waals surface area contributed by atoms with Gasteiger partial charge in [-0.25, -0.2) is 0 Å². The summed E-state index contributed by atoms with van der Waals surface area (Å²) < 4.78 is 5.21. The van der Waals surface area contributed by atoms with Gasteiger partial charge in [0.15, 0.2) is 0 Å². The topological polar surface area (TPSA) is 55.6 Å². The van der Waals surface area contributed by atoms with Gasteiger partial charge in [-0.05, 0) is 39.0 Å². The fraction of sp³-hybridized carbons (Fsp3) is 0.462. The van der Waals surface area contributed by atoms with Crippen molar-refractivity contribution >= 4 is 17.3 Å². The van der Waals surface area contributed by atoms with Gasteiger partial charge >= 0.3 is 0 Å². The number of nitrogen functional groups attached to an aromatic ring is 1. The molecule has 0 saturated heterocycles. The van der Waals surface area contributed by atoms with Crippen LogP contribution in [0.1, 0.15) is 20.8 Å². The molecule has 0 bridgehead atoms. The molecule has 0 unspecified atom stereocenters. The van der Waals surface area contributed by atoms with Gasteiger partial charge in [0.25, 0.3) is 5.91 Å². The van der Waals surface area contributed by atoms with Crippen molar-refractivity contribution in [3.8, 4) is 0 Å². The number of benzene rings is 1. The van der Waals surface area contributed by atoms with Crippen molar-refractivity contribution in [1.82, 2.24) is 0 Å². The van der Waals surface area contributed by atoms with Crippen molar-refractivity contribution in [2.24, 2.45) is 0 Å². The van der Waals surface area contributed by atoms with Crippen LogP contribution < -0.4 is 10.6 Å². The Morgan fingerprint density at radius 3 is 2.59 bits per heavy atom. The molecule has 0 aliphatic heterocycles. The van der Waals surface area contributed by atoms with E-state index < -0.39 is 5.60 Å². The molecule has 1 rings (SSSR count). The molecule has 0 atom stereocenters. The molecule has 0 aliphatic carbocycles. The molecular formula is C13H20N2O2. The molecule has 17 heavy (non-hydrogen) atoms. The molecule has 1 amide bonds. The maximum atomic E-state index is 12.3. The molecule has 2 N–H and O–H groups in total. The van der Waals surface area contributed by atoms with Crippen LogP contribution in [0.5, 0.6) is 0 Å². The van der Waals surface area contributed by atoms with Crippen LogP contribution in [0.25, 0.3) is 0 Å². The lowest BCUT2D eigenvalue weighted by atomic mass is 10.1. The van der Waals surface area contributed by atoms with E-state index in [4.69, 9.17) is 10.5 Å². The van der Waals surface area contributed by atoms with Gasteiger partial charge in [0.2, 0.25) is 0 Å². The van der Waals surface area contributed by atoms with Crippen molar-refractivity contribution in [1.29, 1.82) is 0 Å². The van der Waals surface area contributed by atoms with Crippen molar-refractivity contribution in [3.63, 3.8) is 0 Å². The number of hydrogen-bond donors (Lipinski definition) is 1. The summed E-state index contributed by atoms with van der Waals surface area (Å²) in [6.45, 7) is 6.01. The van der Waals surface area contributed by atoms with Crippen LogP contribution in [0.15, 0.2) is 24.3 Å². The number of amides is 1. The first-order valence-electron chi connectivity index (χ1n) is 5.65. The van der Waals surface area contributed by atoms with Gasteiger partial charge in [-0.15, -0.1) is 0 Å². The predicted molar refractivity (Wildman–Crippen MR) is 70.0 cm³/mol. The number of hydrogen-bond acceptors (Lipinski definition) is 3. The number of ether oxygens (including phenoxy) is 1. The fourth-order valence-corrected chi connectivity index (χ4v) is 1.55. The lowest BCUT2D eigenvalue weighted by molar-refractivity contribution is -0.136. The van der Waals surface area contributed by atoms with E-state index in [-0.39, 0.29) is 5.91 Å². The first-order chi connectivity index (χ1) is 7.92. The average Bonchev–Trinajstić information content (AvgIpc) is 2.30. The zero-order valence-electron chi connectivity index (χ0n) is 10.9. The van der Waals surface area contributed by atoms with Crippen LogP contribution >= 0.6 is 0 Å². The van der Waals surface area contributed by atoms with E-state index in [1.165, 1.54) is 7.11 Å². The third kappa shape index (κ3) is 2.97. The fourth-order valence-electron chi connectivity index (χ4n) is 1.55. The quantitative estimate of drug-likeness (QED) is 0.814. The zero-order chi connectivity index (χ0) is 13.1. The number of nitrogens with zero attached hydrogens (tertiary/aromatic N) is 1. The van der Waals surface area contributed by atoms with Crippen molar-refractivity contribution in [3.05, 3.63) is 24.3 Å². The van der Waals surface area contributed by atoms with Crippen molar-refractivity contribution in [2.75, 3.05) is 24.3 Å². The number of methoxy groups -OCH3 is 1. The number of likely N-dealkylation sites (N-methyl/N-ethyl adjacent to an activating group) is 1. The Kier molecular flexibility index (Phi) is 4.12. The van der Waals surface area contributed by atoms with Gasteiger partial charge in [0.1, 0.15) is 5.60 Å². The maximum Gasteiger partial charge on any atom is 0.258 e.